The Bertz CT molecular complexity index is 1660. The summed E-state index contributed by atoms with van der Waals surface area (Å²) < 4.78 is 110. The van der Waals surface area contributed by atoms with Crippen LogP contribution in [0.5, 0.6) is 5.75 Å². The third-order valence-electron chi connectivity index (χ3n) is 9.00. The molecule has 0 heterocycles. The molecule has 0 aliphatic carbocycles. The molecule has 0 bridgehead atoms. The fourth-order valence-corrected chi connectivity index (χ4v) is 5.82. The Kier molecular flexibility index (Phi) is 15.7. The van der Waals surface area contributed by atoms with Crippen LogP contribution < -0.4 is 26.0 Å². The molecule has 2 aromatic carbocycles. The Labute approximate surface area is 320 Å². The van der Waals surface area contributed by atoms with Crippen molar-refractivity contribution in [3.8, 4) is 5.75 Å². The van der Waals surface area contributed by atoms with Gasteiger partial charge in [0.2, 0.25) is 11.8 Å². The van der Waals surface area contributed by atoms with E-state index in [1.54, 1.807) is 13.1 Å². The lowest BCUT2D eigenvalue weighted by Gasteiger charge is -2.37. The standard InChI is InChI=1S/C35H46ClF7N4O7Si/c1-19(2)25(27(48)35(42,43)30(51)44-18-33(37,38)39)46-29(50)26(20-12-14-23(53-6)15-13-20)47-28(49)24(17-54-55(7,8)32(3,4)5)45-31(52)34(40,41)21-10-9-11-22(36)16-21/h9-16,19,24-27,48H,17-18H2,1-8H3,(H,44,51)(H,45,52)(H,46,50)(H,47,49)/t24-,25-,26-,27+/m0/s1. The molecule has 308 valence electrons. The second kappa shape index (κ2) is 18.3. The van der Waals surface area contributed by atoms with Crippen molar-refractivity contribution < 1.29 is 64.2 Å². The summed E-state index contributed by atoms with van der Waals surface area (Å²) in [6.07, 6.45) is -8.12. The molecule has 0 aliphatic rings. The molecule has 0 saturated heterocycles. The second-order valence-electron chi connectivity index (χ2n) is 14.5. The Morgan fingerprint density at radius 2 is 1.44 bits per heavy atom. The van der Waals surface area contributed by atoms with E-state index in [-0.39, 0.29) is 16.3 Å². The maximum atomic E-state index is 15.4. The number of carbonyl (C=O) groups excluding carboxylic acids is 4. The molecule has 0 fully saturated rings. The monoisotopic (exact) mass is 830 g/mol. The van der Waals surface area contributed by atoms with Crippen molar-refractivity contribution >= 4 is 43.5 Å². The Balaban J connectivity index is 2.55. The minimum Gasteiger partial charge on any atom is -0.497 e. The zero-order valence-electron chi connectivity index (χ0n) is 31.3. The van der Waals surface area contributed by atoms with E-state index in [2.05, 4.69) is 10.6 Å². The summed E-state index contributed by atoms with van der Waals surface area (Å²) in [7, 11) is -1.40. The van der Waals surface area contributed by atoms with Crippen LogP contribution in [0.4, 0.5) is 30.7 Å². The van der Waals surface area contributed by atoms with Gasteiger partial charge < -0.3 is 35.5 Å². The summed E-state index contributed by atoms with van der Waals surface area (Å²) >= 11 is 5.86. The normalized spacial score (nSPS) is 15.0. The smallest absolute Gasteiger partial charge is 0.405 e. The number of aliphatic hydroxyl groups is 1. The first-order valence-electron chi connectivity index (χ1n) is 16.8. The molecule has 4 atom stereocenters. The van der Waals surface area contributed by atoms with Crippen LogP contribution in [0.1, 0.15) is 51.8 Å². The predicted molar refractivity (Wildman–Crippen MR) is 191 cm³/mol. The molecule has 4 amide bonds. The van der Waals surface area contributed by atoms with E-state index in [0.29, 0.717) is 0 Å². The minimum atomic E-state index is -5.05. The summed E-state index contributed by atoms with van der Waals surface area (Å²) in [5.41, 5.74) is -0.822. The number of alkyl halides is 7. The third-order valence-corrected chi connectivity index (χ3v) is 13.7. The first kappa shape index (κ1) is 47.2. The lowest BCUT2D eigenvalue weighted by Crippen LogP contribution is -2.61. The van der Waals surface area contributed by atoms with E-state index < -0.39 is 104 Å². The maximum absolute atomic E-state index is 15.4. The number of nitrogens with one attached hydrogen (secondary N) is 4. The van der Waals surface area contributed by atoms with Crippen molar-refractivity contribution in [1.29, 1.82) is 0 Å². The highest BCUT2D eigenvalue weighted by Crippen LogP contribution is 2.37. The van der Waals surface area contributed by atoms with Gasteiger partial charge in [-0.1, -0.05) is 70.5 Å². The molecule has 0 spiro atoms. The summed E-state index contributed by atoms with van der Waals surface area (Å²) in [4.78, 5) is 53.0. The molecule has 0 unspecified atom stereocenters. The quantitative estimate of drug-likeness (QED) is 0.103. The summed E-state index contributed by atoms with van der Waals surface area (Å²) in [5.74, 6) is -16.8. The Morgan fingerprint density at radius 1 is 0.855 bits per heavy atom. The van der Waals surface area contributed by atoms with Crippen LogP contribution in [-0.2, 0) is 29.5 Å². The molecule has 2 aromatic rings. The van der Waals surface area contributed by atoms with E-state index in [1.165, 1.54) is 57.4 Å². The molecule has 20 heteroatoms. The zero-order chi connectivity index (χ0) is 42.3. The highest BCUT2D eigenvalue weighted by molar-refractivity contribution is 6.74. The van der Waals surface area contributed by atoms with Gasteiger partial charge in [0.15, 0.2) is 8.32 Å². The lowest BCUT2D eigenvalue weighted by atomic mass is 9.93. The van der Waals surface area contributed by atoms with Crippen molar-refractivity contribution in [2.75, 3.05) is 20.3 Å². The highest BCUT2D eigenvalue weighted by Gasteiger charge is 2.52. The van der Waals surface area contributed by atoms with Crippen molar-refractivity contribution in [2.45, 2.75) is 95.0 Å². The molecule has 55 heavy (non-hydrogen) atoms. The summed E-state index contributed by atoms with van der Waals surface area (Å²) in [5, 5.41) is 17.5. The fraction of sp³-hybridized carbons (Fsp3) is 0.543. The van der Waals surface area contributed by atoms with E-state index in [9.17, 15) is 37.5 Å². The number of halogens is 8. The number of amides is 4. The van der Waals surface area contributed by atoms with Crippen LogP contribution in [-0.4, -0.2) is 87.6 Å². The Morgan fingerprint density at radius 3 is 1.93 bits per heavy atom. The van der Waals surface area contributed by atoms with Crippen molar-refractivity contribution in [3.05, 3.63) is 64.7 Å². The molecule has 5 N–H and O–H groups in total. The number of carbonyl (C=O) groups is 4. The number of rotatable bonds is 17. The van der Waals surface area contributed by atoms with Gasteiger partial charge in [0.25, 0.3) is 11.8 Å². The molecule has 0 aromatic heterocycles. The van der Waals surface area contributed by atoms with E-state index >= 15 is 17.6 Å². The van der Waals surface area contributed by atoms with Crippen molar-refractivity contribution in [3.63, 3.8) is 0 Å². The largest absolute Gasteiger partial charge is 0.497 e. The third kappa shape index (κ3) is 12.8. The number of methoxy groups -OCH3 is 1. The molecule has 0 saturated carbocycles. The van der Waals surface area contributed by atoms with Crippen LogP contribution in [0.3, 0.4) is 0 Å². The molecular formula is C35H46ClF7N4O7Si. The van der Waals surface area contributed by atoms with Crippen LogP contribution in [0.15, 0.2) is 48.5 Å². The molecule has 0 radical (unpaired) electrons. The van der Waals surface area contributed by atoms with Gasteiger partial charge in [-0.3, -0.25) is 19.2 Å². The maximum Gasteiger partial charge on any atom is 0.405 e. The number of hydrogen-bond acceptors (Lipinski definition) is 7. The second-order valence-corrected chi connectivity index (χ2v) is 19.8. The zero-order valence-corrected chi connectivity index (χ0v) is 33.1. The van der Waals surface area contributed by atoms with Crippen molar-refractivity contribution in [1.82, 2.24) is 21.3 Å². The van der Waals surface area contributed by atoms with Crippen LogP contribution >= 0.6 is 11.6 Å². The fourth-order valence-electron chi connectivity index (χ4n) is 4.61. The summed E-state index contributed by atoms with van der Waals surface area (Å²) in [6.45, 7) is 8.87. The van der Waals surface area contributed by atoms with Crippen LogP contribution in [0.2, 0.25) is 23.2 Å². The minimum absolute atomic E-state index is 0.0297. The van der Waals surface area contributed by atoms with Gasteiger partial charge in [0.1, 0.15) is 30.5 Å². The van der Waals surface area contributed by atoms with Gasteiger partial charge in [0.05, 0.1) is 19.8 Å². The van der Waals surface area contributed by atoms with E-state index in [4.69, 9.17) is 20.8 Å². The number of hydrogen-bond donors (Lipinski definition) is 5. The SMILES string of the molecule is COc1ccc([C@H](NC(=O)[C@H](CO[Si](C)(C)C(C)(C)C)NC(=O)C(F)(F)c2cccc(Cl)c2)C(=O)N[C@@H](C(C)C)[C@@H](O)C(F)(F)C(=O)NCC(F)(F)F)cc1. The molecule has 2 rings (SSSR count). The van der Waals surface area contributed by atoms with Gasteiger partial charge in [0, 0.05) is 10.6 Å². The summed E-state index contributed by atoms with van der Waals surface area (Å²) in [6, 6.07) is 3.86. The van der Waals surface area contributed by atoms with E-state index in [0.717, 1.165) is 17.4 Å². The van der Waals surface area contributed by atoms with Gasteiger partial charge in [-0.25, -0.2) is 0 Å². The van der Waals surface area contributed by atoms with Crippen LogP contribution in [0, 0.1) is 5.92 Å². The van der Waals surface area contributed by atoms with E-state index in [1.807, 2.05) is 26.1 Å². The molecular weight excluding hydrogens is 785 g/mol. The molecule has 0 aliphatic heterocycles. The average molecular weight is 831 g/mol. The van der Waals surface area contributed by atoms with Crippen molar-refractivity contribution in [2.24, 2.45) is 5.92 Å². The lowest BCUT2D eigenvalue weighted by molar-refractivity contribution is -0.175. The highest BCUT2D eigenvalue weighted by atomic mass is 35.5. The Hall–Kier alpha value is -3.94. The number of benzene rings is 2. The van der Waals surface area contributed by atoms with Gasteiger partial charge >= 0.3 is 18.0 Å². The average Bonchev–Trinajstić information content (AvgIpc) is 3.08. The van der Waals surface area contributed by atoms with Gasteiger partial charge in [-0.05, 0) is 53.9 Å². The molecule has 11 nitrogen and oxygen atoms in total. The van der Waals surface area contributed by atoms with Gasteiger partial charge in [-0.2, -0.15) is 30.7 Å². The first-order chi connectivity index (χ1) is 25.0. The van der Waals surface area contributed by atoms with Crippen LogP contribution in [0.25, 0.3) is 0 Å². The first-order valence-corrected chi connectivity index (χ1v) is 20.1. The number of aliphatic hydroxyl groups excluding tert-OH is 1. The number of ether oxygens (including phenoxy) is 1. The predicted octanol–water partition coefficient (Wildman–Crippen LogP) is 5.62. The topological polar surface area (TPSA) is 155 Å². The van der Waals surface area contributed by atoms with Gasteiger partial charge in [-0.15, -0.1) is 0 Å².